The van der Waals surface area contributed by atoms with E-state index >= 15 is 0 Å². The van der Waals surface area contributed by atoms with Gasteiger partial charge in [0.05, 0.1) is 23.2 Å². The molecule has 2 rings (SSSR count). The molecular formula is C17H18N2O5. The van der Waals surface area contributed by atoms with E-state index in [9.17, 15) is 20.0 Å². The molecule has 7 nitrogen and oxygen atoms in total. The first-order valence-corrected chi connectivity index (χ1v) is 7.45. The maximum absolute atomic E-state index is 12.2. The number of rotatable bonds is 7. The van der Waals surface area contributed by atoms with Crippen LogP contribution in [-0.2, 0) is 0 Å². The van der Waals surface area contributed by atoms with Crippen LogP contribution >= 0.6 is 0 Å². The van der Waals surface area contributed by atoms with Gasteiger partial charge in [0, 0.05) is 18.7 Å². The molecule has 0 aliphatic heterocycles. The van der Waals surface area contributed by atoms with Crippen LogP contribution in [0.3, 0.4) is 0 Å². The summed E-state index contributed by atoms with van der Waals surface area (Å²) in [6.07, 6.45) is -0.964. The number of hydrogen-bond acceptors (Lipinski definition) is 5. The summed E-state index contributed by atoms with van der Waals surface area (Å²) >= 11 is 0. The highest BCUT2D eigenvalue weighted by molar-refractivity contribution is 5.96. The molecule has 0 aromatic heterocycles. The van der Waals surface area contributed by atoms with Crippen LogP contribution in [-0.4, -0.2) is 29.1 Å². The molecule has 0 aliphatic carbocycles. The van der Waals surface area contributed by atoms with E-state index in [1.165, 1.54) is 24.3 Å². The van der Waals surface area contributed by atoms with Crippen molar-refractivity contribution in [3.05, 3.63) is 69.8 Å². The molecule has 0 spiro atoms. The number of carbonyl (C=O) groups excluding carboxylic acids is 1. The lowest BCUT2D eigenvalue weighted by Gasteiger charge is -2.14. The lowest BCUT2D eigenvalue weighted by Crippen LogP contribution is -2.28. The first-order valence-electron chi connectivity index (χ1n) is 7.45. The molecule has 0 saturated heterocycles. The van der Waals surface area contributed by atoms with Gasteiger partial charge in [0.15, 0.2) is 0 Å². The third kappa shape index (κ3) is 4.30. The zero-order chi connectivity index (χ0) is 17.5. The minimum absolute atomic E-state index is 0.0168. The normalized spacial score (nSPS) is 11.6. The van der Waals surface area contributed by atoms with Crippen molar-refractivity contribution < 1.29 is 19.6 Å². The average Bonchev–Trinajstić information content (AvgIpc) is 2.60. The Labute approximate surface area is 139 Å². The van der Waals surface area contributed by atoms with Crippen molar-refractivity contribution >= 4 is 11.6 Å². The molecule has 0 unspecified atom stereocenters. The Morgan fingerprint density at radius 1 is 1.25 bits per heavy atom. The molecular weight excluding hydrogens is 312 g/mol. The number of nitrogens with one attached hydrogen (secondary N) is 1. The van der Waals surface area contributed by atoms with Crippen molar-refractivity contribution in [2.75, 3.05) is 13.2 Å². The van der Waals surface area contributed by atoms with Gasteiger partial charge >= 0.3 is 0 Å². The topological polar surface area (TPSA) is 102 Å². The summed E-state index contributed by atoms with van der Waals surface area (Å²) in [6, 6.07) is 12.4. The van der Waals surface area contributed by atoms with Crippen molar-refractivity contribution in [3.8, 4) is 5.75 Å². The Kier molecular flexibility index (Phi) is 5.86. The molecule has 1 amide bonds. The number of non-ortho nitro benzene ring substituents is 1. The van der Waals surface area contributed by atoms with E-state index in [2.05, 4.69) is 5.32 Å². The summed E-state index contributed by atoms with van der Waals surface area (Å²) in [6.45, 7) is 2.25. The number of benzene rings is 2. The Balaban J connectivity index is 1.99. The minimum Gasteiger partial charge on any atom is -0.493 e. The van der Waals surface area contributed by atoms with Gasteiger partial charge in [0.1, 0.15) is 5.75 Å². The van der Waals surface area contributed by atoms with Crippen LogP contribution in [0, 0.1) is 10.1 Å². The van der Waals surface area contributed by atoms with Gasteiger partial charge in [-0.1, -0.05) is 12.1 Å². The summed E-state index contributed by atoms with van der Waals surface area (Å²) in [5, 5.41) is 23.3. The maximum atomic E-state index is 12.2. The Morgan fingerprint density at radius 2 is 1.92 bits per heavy atom. The van der Waals surface area contributed by atoms with Gasteiger partial charge in [0.2, 0.25) is 0 Å². The SMILES string of the molecule is CCOc1ccccc1C(=O)NC[C@H](O)c1ccc([N+](=O)[O-])cc1. The fourth-order valence-electron chi connectivity index (χ4n) is 2.16. The van der Waals surface area contributed by atoms with E-state index in [1.807, 2.05) is 6.92 Å². The second kappa shape index (κ2) is 8.07. The third-order valence-electron chi connectivity index (χ3n) is 3.38. The number of aliphatic hydroxyl groups excluding tert-OH is 1. The molecule has 0 radical (unpaired) electrons. The van der Waals surface area contributed by atoms with Crippen LogP contribution in [0.25, 0.3) is 0 Å². The van der Waals surface area contributed by atoms with Crippen molar-refractivity contribution in [3.63, 3.8) is 0 Å². The summed E-state index contributed by atoms with van der Waals surface area (Å²) < 4.78 is 5.40. The minimum atomic E-state index is -0.964. The van der Waals surface area contributed by atoms with Crippen LogP contribution in [0.4, 0.5) is 5.69 Å². The lowest BCUT2D eigenvalue weighted by atomic mass is 10.1. The van der Waals surface area contributed by atoms with Crippen molar-refractivity contribution in [1.29, 1.82) is 0 Å². The summed E-state index contributed by atoms with van der Waals surface area (Å²) in [7, 11) is 0. The van der Waals surface area contributed by atoms with E-state index in [-0.39, 0.29) is 18.1 Å². The van der Waals surface area contributed by atoms with Crippen LogP contribution in [0.15, 0.2) is 48.5 Å². The van der Waals surface area contributed by atoms with Gasteiger partial charge in [-0.2, -0.15) is 0 Å². The molecule has 0 fully saturated rings. The highest BCUT2D eigenvalue weighted by Crippen LogP contribution is 2.19. The molecule has 2 aromatic carbocycles. The Hall–Kier alpha value is -2.93. The van der Waals surface area contributed by atoms with Crippen LogP contribution in [0.2, 0.25) is 0 Å². The molecule has 0 heterocycles. The highest BCUT2D eigenvalue weighted by Gasteiger charge is 2.15. The first-order chi connectivity index (χ1) is 11.5. The number of para-hydroxylation sites is 1. The number of nitro groups is 1. The Morgan fingerprint density at radius 3 is 2.54 bits per heavy atom. The van der Waals surface area contributed by atoms with Gasteiger partial charge in [-0.05, 0) is 36.8 Å². The predicted octanol–water partition coefficient (Wildman–Crippen LogP) is 2.46. The molecule has 0 bridgehead atoms. The Bertz CT molecular complexity index is 715. The molecule has 0 aliphatic rings. The second-order valence-electron chi connectivity index (χ2n) is 5.00. The predicted molar refractivity (Wildman–Crippen MR) is 88.0 cm³/mol. The number of carbonyl (C=O) groups is 1. The first kappa shape index (κ1) is 17.4. The monoisotopic (exact) mass is 330 g/mol. The number of hydrogen-bond donors (Lipinski definition) is 2. The average molecular weight is 330 g/mol. The van der Waals surface area contributed by atoms with Crippen LogP contribution < -0.4 is 10.1 Å². The smallest absolute Gasteiger partial charge is 0.269 e. The number of amides is 1. The van der Waals surface area contributed by atoms with E-state index < -0.39 is 11.0 Å². The highest BCUT2D eigenvalue weighted by atomic mass is 16.6. The van der Waals surface area contributed by atoms with Gasteiger partial charge in [-0.3, -0.25) is 14.9 Å². The largest absolute Gasteiger partial charge is 0.493 e. The zero-order valence-corrected chi connectivity index (χ0v) is 13.1. The summed E-state index contributed by atoms with van der Waals surface area (Å²) in [4.78, 5) is 22.3. The zero-order valence-electron chi connectivity index (χ0n) is 13.1. The standard InChI is InChI=1S/C17H18N2O5/c1-2-24-16-6-4-3-5-14(16)17(21)18-11-15(20)12-7-9-13(10-8-12)19(22)23/h3-10,15,20H,2,11H2,1H3,(H,18,21)/t15-/m0/s1. The number of nitrogens with zero attached hydrogens (tertiary/aromatic N) is 1. The second-order valence-corrected chi connectivity index (χ2v) is 5.00. The van der Waals surface area contributed by atoms with Gasteiger partial charge in [-0.25, -0.2) is 0 Å². The van der Waals surface area contributed by atoms with Crippen LogP contribution in [0.5, 0.6) is 5.75 Å². The van der Waals surface area contributed by atoms with Crippen molar-refractivity contribution in [1.82, 2.24) is 5.32 Å². The number of aliphatic hydroxyl groups is 1. The quantitative estimate of drug-likeness (QED) is 0.600. The summed E-state index contributed by atoms with van der Waals surface area (Å²) in [5.74, 6) is 0.113. The third-order valence-corrected chi connectivity index (χ3v) is 3.38. The maximum Gasteiger partial charge on any atom is 0.269 e. The molecule has 1 atom stereocenters. The fraction of sp³-hybridized carbons (Fsp3) is 0.235. The van der Waals surface area contributed by atoms with Crippen molar-refractivity contribution in [2.45, 2.75) is 13.0 Å². The number of nitro benzene ring substituents is 1. The molecule has 0 saturated carbocycles. The molecule has 2 N–H and O–H groups in total. The van der Waals surface area contributed by atoms with Crippen LogP contribution in [0.1, 0.15) is 28.9 Å². The summed E-state index contributed by atoms with van der Waals surface area (Å²) in [5.41, 5.74) is 0.815. The van der Waals surface area contributed by atoms with E-state index in [0.717, 1.165) is 0 Å². The molecule has 2 aromatic rings. The molecule has 126 valence electrons. The van der Waals surface area contributed by atoms with Gasteiger partial charge < -0.3 is 15.2 Å². The van der Waals surface area contributed by atoms with Gasteiger partial charge in [0.25, 0.3) is 11.6 Å². The van der Waals surface area contributed by atoms with E-state index in [4.69, 9.17) is 4.74 Å². The fourth-order valence-corrected chi connectivity index (χ4v) is 2.16. The van der Waals surface area contributed by atoms with E-state index in [1.54, 1.807) is 24.3 Å². The van der Waals surface area contributed by atoms with Gasteiger partial charge in [-0.15, -0.1) is 0 Å². The molecule has 7 heteroatoms. The molecule has 24 heavy (non-hydrogen) atoms. The van der Waals surface area contributed by atoms with E-state index in [0.29, 0.717) is 23.5 Å². The van der Waals surface area contributed by atoms with Crippen molar-refractivity contribution in [2.24, 2.45) is 0 Å². The lowest BCUT2D eigenvalue weighted by molar-refractivity contribution is -0.384. The number of ether oxygens (including phenoxy) is 1.